The molecule has 2 aliphatic carbocycles. The van der Waals surface area contributed by atoms with Gasteiger partial charge >= 0.3 is 137 Å². The van der Waals surface area contributed by atoms with Gasteiger partial charge in [0.1, 0.15) is 0 Å². The third kappa shape index (κ3) is 3.90. The first-order valence-corrected chi connectivity index (χ1v) is 15.3. The topological polar surface area (TPSA) is 0 Å². The van der Waals surface area contributed by atoms with Crippen LogP contribution in [0.25, 0.3) is 0 Å². The van der Waals surface area contributed by atoms with E-state index in [-0.39, 0.29) is 0 Å². The number of hydrogen-bond acceptors (Lipinski definition) is 0. The molecule has 0 spiro atoms. The van der Waals surface area contributed by atoms with E-state index in [0.29, 0.717) is 10.8 Å². The van der Waals surface area contributed by atoms with E-state index in [1.807, 2.05) is 0 Å². The maximum absolute atomic E-state index is 2.84. The standard InChI is InChI=1S/C20H40Ge/c1-16(2)21(7,17-8-12-19(3,4)13-9-17)18-10-14-20(5,6)15-11-18/h16-18H,8-15H2,1-7H3. The summed E-state index contributed by atoms with van der Waals surface area (Å²) < 4.78 is 3.33. The van der Waals surface area contributed by atoms with E-state index in [2.05, 4.69) is 47.3 Å². The van der Waals surface area contributed by atoms with E-state index in [0.717, 1.165) is 14.3 Å². The zero-order chi connectivity index (χ0) is 15.9. The van der Waals surface area contributed by atoms with E-state index in [1.54, 1.807) is 25.7 Å². The Balaban J connectivity index is 2.10. The second-order valence-corrected chi connectivity index (χ2v) is 22.0. The molecule has 0 aromatic carbocycles. The van der Waals surface area contributed by atoms with Crippen molar-refractivity contribution in [3.63, 3.8) is 0 Å². The molecule has 0 aromatic heterocycles. The van der Waals surface area contributed by atoms with Crippen LogP contribution in [-0.2, 0) is 0 Å². The Morgan fingerprint density at radius 3 is 1.24 bits per heavy atom. The quantitative estimate of drug-likeness (QED) is 0.463. The molecule has 0 aliphatic heterocycles. The molecule has 2 saturated carbocycles. The molecule has 0 heterocycles. The minimum atomic E-state index is -1.75. The van der Waals surface area contributed by atoms with Gasteiger partial charge in [-0.1, -0.05) is 0 Å². The van der Waals surface area contributed by atoms with Crippen molar-refractivity contribution in [1.82, 2.24) is 0 Å². The molecule has 2 fully saturated rings. The Morgan fingerprint density at radius 1 is 0.714 bits per heavy atom. The second-order valence-electron chi connectivity index (χ2n) is 10.4. The van der Waals surface area contributed by atoms with E-state index >= 15 is 0 Å². The summed E-state index contributed by atoms with van der Waals surface area (Å²) >= 11 is -1.75. The minimum absolute atomic E-state index is 0.630. The van der Waals surface area contributed by atoms with Crippen LogP contribution >= 0.6 is 0 Å². The summed E-state index contributed by atoms with van der Waals surface area (Å²) in [6, 6.07) is 0. The normalized spacial score (nSPS) is 28.0. The predicted molar refractivity (Wildman–Crippen MR) is 98.7 cm³/mol. The Morgan fingerprint density at radius 2 is 1.00 bits per heavy atom. The maximum atomic E-state index is 2.84. The van der Waals surface area contributed by atoms with Gasteiger partial charge < -0.3 is 0 Å². The van der Waals surface area contributed by atoms with Crippen LogP contribution < -0.4 is 0 Å². The first-order valence-electron chi connectivity index (χ1n) is 9.57. The van der Waals surface area contributed by atoms with Crippen molar-refractivity contribution < 1.29 is 0 Å². The van der Waals surface area contributed by atoms with Gasteiger partial charge in [-0.3, -0.25) is 0 Å². The molecule has 0 aromatic rings. The molecule has 2 aliphatic rings. The molecule has 0 atom stereocenters. The summed E-state index contributed by atoms with van der Waals surface area (Å²) in [5.74, 6) is 2.84. The molecule has 0 N–H and O–H groups in total. The fourth-order valence-electron chi connectivity index (χ4n) is 5.32. The van der Waals surface area contributed by atoms with Crippen molar-refractivity contribution >= 4 is 13.3 Å². The third-order valence-corrected chi connectivity index (χ3v) is 22.7. The fourth-order valence-corrected chi connectivity index (χ4v) is 17.1. The molecule has 0 radical (unpaired) electrons. The van der Waals surface area contributed by atoms with Crippen LogP contribution in [0.15, 0.2) is 0 Å². The molecular formula is C20H40Ge. The number of rotatable bonds is 3. The van der Waals surface area contributed by atoms with E-state index in [1.165, 1.54) is 25.7 Å². The zero-order valence-corrected chi connectivity index (χ0v) is 18.0. The first kappa shape index (κ1) is 17.9. The van der Waals surface area contributed by atoms with Gasteiger partial charge in [-0.2, -0.15) is 0 Å². The van der Waals surface area contributed by atoms with Crippen molar-refractivity contribution in [3.8, 4) is 0 Å². The average Bonchev–Trinajstić information content (AvgIpc) is 2.37. The van der Waals surface area contributed by atoms with Crippen LogP contribution in [0.5, 0.6) is 0 Å². The van der Waals surface area contributed by atoms with E-state index < -0.39 is 13.3 Å². The molecule has 1 heteroatoms. The SMILES string of the molecule is C[CH](C)[Ge]([CH3])([CH]1CCC(C)(C)CC1)[CH]1CCC(C)(C)CC1. The van der Waals surface area contributed by atoms with Crippen LogP contribution in [0.3, 0.4) is 0 Å². The predicted octanol–water partition coefficient (Wildman–Crippen LogP) is 7.42. The van der Waals surface area contributed by atoms with Gasteiger partial charge in [-0.15, -0.1) is 0 Å². The van der Waals surface area contributed by atoms with E-state index in [4.69, 9.17) is 0 Å². The molecule has 2 rings (SSSR count). The van der Waals surface area contributed by atoms with Crippen molar-refractivity contribution in [2.45, 2.75) is 113 Å². The summed E-state index contributed by atoms with van der Waals surface area (Å²) in [6.07, 6.45) is 12.2. The van der Waals surface area contributed by atoms with Crippen molar-refractivity contribution in [3.05, 3.63) is 0 Å². The van der Waals surface area contributed by atoms with Gasteiger partial charge in [0.25, 0.3) is 0 Å². The summed E-state index contributed by atoms with van der Waals surface area (Å²) in [5.41, 5.74) is 1.26. The van der Waals surface area contributed by atoms with Gasteiger partial charge in [0.15, 0.2) is 0 Å². The summed E-state index contributed by atoms with van der Waals surface area (Å²) in [6.45, 7) is 15.1. The van der Waals surface area contributed by atoms with Gasteiger partial charge in [0.2, 0.25) is 0 Å². The molecule has 0 saturated heterocycles. The Labute approximate surface area is 137 Å². The van der Waals surface area contributed by atoms with E-state index in [9.17, 15) is 0 Å². The Bertz CT molecular complexity index is 305. The molecule has 21 heavy (non-hydrogen) atoms. The first-order chi connectivity index (χ1) is 9.57. The fraction of sp³-hybridized carbons (Fsp3) is 1.00. The second kappa shape index (κ2) is 6.21. The van der Waals surface area contributed by atoms with Crippen LogP contribution in [0.1, 0.15) is 92.9 Å². The molecule has 0 bridgehead atoms. The van der Waals surface area contributed by atoms with Crippen LogP contribution in [0, 0.1) is 10.8 Å². The summed E-state index contributed by atoms with van der Waals surface area (Å²) in [5, 5.41) is 0. The molecule has 0 nitrogen and oxygen atoms in total. The monoisotopic (exact) mass is 354 g/mol. The Kier molecular flexibility index (Phi) is 5.29. The van der Waals surface area contributed by atoms with Crippen LogP contribution in [-0.4, -0.2) is 13.3 Å². The Hall–Kier alpha value is 0.543. The third-order valence-electron chi connectivity index (χ3n) is 7.68. The zero-order valence-electron chi connectivity index (χ0n) is 15.9. The number of hydrogen-bond donors (Lipinski definition) is 0. The molecular weight excluding hydrogens is 313 g/mol. The van der Waals surface area contributed by atoms with Gasteiger partial charge in [-0.25, -0.2) is 0 Å². The van der Waals surface area contributed by atoms with Gasteiger partial charge in [-0.05, 0) is 0 Å². The van der Waals surface area contributed by atoms with Crippen LogP contribution in [0.2, 0.25) is 20.0 Å². The van der Waals surface area contributed by atoms with Gasteiger partial charge in [0, 0.05) is 0 Å². The van der Waals surface area contributed by atoms with Gasteiger partial charge in [0.05, 0.1) is 0 Å². The summed E-state index contributed by atoms with van der Waals surface area (Å²) in [4.78, 5) is 0. The average molecular weight is 353 g/mol. The molecule has 0 amide bonds. The molecule has 124 valence electrons. The van der Waals surface area contributed by atoms with Crippen molar-refractivity contribution in [1.29, 1.82) is 0 Å². The van der Waals surface area contributed by atoms with Crippen LogP contribution in [0.4, 0.5) is 0 Å². The summed E-state index contributed by atoms with van der Waals surface area (Å²) in [7, 11) is 0. The van der Waals surface area contributed by atoms with Crippen molar-refractivity contribution in [2.75, 3.05) is 0 Å². The van der Waals surface area contributed by atoms with Crippen molar-refractivity contribution in [2.24, 2.45) is 10.8 Å². The molecule has 0 unspecified atom stereocenters.